The predicted molar refractivity (Wildman–Crippen MR) is 75.2 cm³/mol. The van der Waals surface area contributed by atoms with Crippen LogP contribution in [0.15, 0.2) is 30.3 Å². The van der Waals surface area contributed by atoms with Crippen LogP contribution >= 0.6 is 0 Å². The summed E-state index contributed by atoms with van der Waals surface area (Å²) in [5.41, 5.74) is 3.64. The number of nitrogens with two attached hydrogens (primary N) is 1. The lowest BCUT2D eigenvalue weighted by atomic mass is 10.0. The molecule has 5 nitrogen and oxygen atoms in total. The third-order valence-electron chi connectivity index (χ3n) is 2.72. The third-order valence-corrected chi connectivity index (χ3v) is 2.72. The van der Waals surface area contributed by atoms with Crippen molar-refractivity contribution in [2.75, 3.05) is 5.43 Å². The Labute approximate surface area is 112 Å². The molecule has 0 aliphatic heterocycles. The number of hydrazine groups is 1. The predicted octanol–water partition coefficient (Wildman–Crippen LogP) is 2.99. The van der Waals surface area contributed by atoms with Crippen LogP contribution in [0.2, 0.25) is 0 Å². The number of nitrogens with one attached hydrogen (secondary N) is 1. The standard InChI is InChI=1S/C14H18N4O/c1-9(2)11-6-4-5-7-12(11)19-14-8-13(18-15)16-10(3)17-14/h4-9H,15H2,1-3H3,(H,16,17,18). The highest BCUT2D eigenvalue weighted by molar-refractivity contribution is 5.41. The number of anilines is 1. The van der Waals surface area contributed by atoms with Crippen molar-refractivity contribution >= 4 is 5.82 Å². The molecule has 5 heteroatoms. The number of benzene rings is 1. The zero-order chi connectivity index (χ0) is 13.8. The number of rotatable bonds is 4. The number of hydrogen-bond acceptors (Lipinski definition) is 5. The third kappa shape index (κ3) is 3.20. The average Bonchev–Trinajstić information content (AvgIpc) is 2.38. The highest BCUT2D eigenvalue weighted by Gasteiger charge is 2.09. The topological polar surface area (TPSA) is 73.1 Å². The Kier molecular flexibility index (Phi) is 3.97. The maximum Gasteiger partial charge on any atom is 0.224 e. The number of nitrogens with zero attached hydrogens (tertiary/aromatic N) is 2. The van der Waals surface area contributed by atoms with Crippen LogP contribution in [-0.2, 0) is 0 Å². The Balaban J connectivity index is 2.33. The van der Waals surface area contributed by atoms with Crippen molar-refractivity contribution < 1.29 is 4.74 Å². The van der Waals surface area contributed by atoms with E-state index in [1.54, 1.807) is 13.0 Å². The summed E-state index contributed by atoms with van der Waals surface area (Å²) < 4.78 is 5.85. The van der Waals surface area contributed by atoms with Gasteiger partial charge >= 0.3 is 0 Å². The van der Waals surface area contributed by atoms with E-state index in [2.05, 4.69) is 35.3 Å². The molecule has 1 aromatic carbocycles. The fourth-order valence-corrected chi connectivity index (χ4v) is 1.83. The monoisotopic (exact) mass is 258 g/mol. The van der Waals surface area contributed by atoms with Gasteiger partial charge in [0.2, 0.25) is 5.88 Å². The van der Waals surface area contributed by atoms with Crippen LogP contribution in [0, 0.1) is 6.92 Å². The van der Waals surface area contributed by atoms with E-state index in [-0.39, 0.29) is 0 Å². The summed E-state index contributed by atoms with van der Waals surface area (Å²) in [6.45, 7) is 6.04. The highest BCUT2D eigenvalue weighted by atomic mass is 16.5. The molecule has 0 amide bonds. The molecule has 3 N–H and O–H groups in total. The smallest absolute Gasteiger partial charge is 0.224 e. The summed E-state index contributed by atoms with van der Waals surface area (Å²) in [5.74, 6) is 8.16. The van der Waals surface area contributed by atoms with Crippen molar-refractivity contribution in [2.24, 2.45) is 5.84 Å². The van der Waals surface area contributed by atoms with Crippen molar-refractivity contribution in [3.8, 4) is 11.6 Å². The Morgan fingerprint density at radius 1 is 1.21 bits per heavy atom. The average molecular weight is 258 g/mol. The number of nitrogen functional groups attached to an aromatic ring is 1. The van der Waals surface area contributed by atoms with Gasteiger partial charge in [0.05, 0.1) is 0 Å². The van der Waals surface area contributed by atoms with Gasteiger partial charge in [0.15, 0.2) is 0 Å². The zero-order valence-electron chi connectivity index (χ0n) is 11.3. The minimum atomic E-state index is 0.381. The molecule has 0 saturated heterocycles. The van der Waals surface area contributed by atoms with Crippen LogP contribution in [0.1, 0.15) is 31.2 Å². The quantitative estimate of drug-likeness (QED) is 0.651. The molecule has 19 heavy (non-hydrogen) atoms. The van der Waals surface area contributed by atoms with Crippen molar-refractivity contribution in [1.82, 2.24) is 9.97 Å². The minimum Gasteiger partial charge on any atom is -0.439 e. The lowest BCUT2D eigenvalue weighted by molar-refractivity contribution is 0.452. The number of hydrogen-bond donors (Lipinski definition) is 2. The van der Waals surface area contributed by atoms with Gasteiger partial charge in [-0.05, 0) is 24.5 Å². The fraction of sp³-hybridized carbons (Fsp3) is 0.286. The normalized spacial score (nSPS) is 10.6. The van der Waals surface area contributed by atoms with Gasteiger partial charge in [-0.25, -0.2) is 10.8 Å². The molecule has 0 bridgehead atoms. The van der Waals surface area contributed by atoms with Crippen LogP contribution < -0.4 is 16.0 Å². The molecule has 2 aromatic rings. The largest absolute Gasteiger partial charge is 0.439 e. The molecule has 0 aliphatic carbocycles. The van der Waals surface area contributed by atoms with Gasteiger partial charge in [0.1, 0.15) is 17.4 Å². The summed E-state index contributed by atoms with van der Waals surface area (Å²) in [6, 6.07) is 9.60. The van der Waals surface area contributed by atoms with E-state index in [1.807, 2.05) is 18.2 Å². The molecular weight excluding hydrogens is 240 g/mol. The maximum atomic E-state index is 5.85. The van der Waals surface area contributed by atoms with Crippen molar-refractivity contribution in [3.63, 3.8) is 0 Å². The van der Waals surface area contributed by atoms with Crippen LogP contribution in [0.4, 0.5) is 5.82 Å². The van der Waals surface area contributed by atoms with Gasteiger partial charge in [-0.3, -0.25) is 0 Å². The highest BCUT2D eigenvalue weighted by Crippen LogP contribution is 2.29. The summed E-state index contributed by atoms with van der Waals surface area (Å²) in [6.07, 6.45) is 0. The van der Waals surface area contributed by atoms with E-state index >= 15 is 0 Å². The molecular formula is C14H18N4O. The Bertz CT molecular complexity index is 569. The second-order valence-corrected chi connectivity index (χ2v) is 4.58. The first-order valence-electron chi connectivity index (χ1n) is 6.19. The van der Waals surface area contributed by atoms with E-state index in [0.717, 1.165) is 11.3 Å². The molecule has 2 rings (SSSR count). The molecule has 100 valence electrons. The summed E-state index contributed by atoms with van der Waals surface area (Å²) in [5, 5.41) is 0. The van der Waals surface area contributed by atoms with E-state index < -0.39 is 0 Å². The first kappa shape index (κ1) is 13.3. The second-order valence-electron chi connectivity index (χ2n) is 4.58. The van der Waals surface area contributed by atoms with Crippen molar-refractivity contribution in [3.05, 3.63) is 41.7 Å². The van der Waals surface area contributed by atoms with Gasteiger partial charge in [-0.15, -0.1) is 0 Å². The van der Waals surface area contributed by atoms with E-state index in [9.17, 15) is 0 Å². The molecule has 0 saturated carbocycles. The maximum absolute atomic E-state index is 5.85. The molecule has 0 spiro atoms. The minimum absolute atomic E-state index is 0.381. The Morgan fingerprint density at radius 3 is 2.63 bits per heavy atom. The van der Waals surface area contributed by atoms with Crippen LogP contribution in [0.3, 0.4) is 0 Å². The lowest BCUT2D eigenvalue weighted by Crippen LogP contribution is -2.10. The summed E-state index contributed by atoms with van der Waals surface area (Å²) >= 11 is 0. The molecule has 0 unspecified atom stereocenters. The van der Waals surface area contributed by atoms with Crippen LogP contribution in [0.5, 0.6) is 11.6 Å². The Morgan fingerprint density at radius 2 is 1.95 bits per heavy atom. The van der Waals surface area contributed by atoms with Crippen LogP contribution in [-0.4, -0.2) is 9.97 Å². The molecule has 0 fully saturated rings. The van der Waals surface area contributed by atoms with Gasteiger partial charge in [-0.1, -0.05) is 32.0 Å². The summed E-state index contributed by atoms with van der Waals surface area (Å²) in [7, 11) is 0. The van der Waals surface area contributed by atoms with Crippen molar-refractivity contribution in [1.29, 1.82) is 0 Å². The molecule has 1 aromatic heterocycles. The number of aryl methyl sites for hydroxylation is 1. The molecule has 0 radical (unpaired) electrons. The van der Waals surface area contributed by atoms with Crippen molar-refractivity contribution in [2.45, 2.75) is 26.7 Å². The SMILES string of the molecule is Cc1nc(NN)cc(Oc2ccccc2C(C)C)n1. The van der Waals surface area contributed by atoms with E-state index in [0.29, 0.717) is 23.4 Å². The van der Waals surface area contributed by atoms with E-state index in [1.165, 1.54) is 0 Å². The van der Waals surface area contributed by atoms with Gasteiger partial charge in [0.25, 0.3) is 0 Å². The molecule has 1 heterocycles. The van der Waals surface area contributed by atoms with E-state index in [4.69, 9.17) is 10.6 Å². The Hall–Kier alpha value is -2.14. The fourth-order valence-electron chi connectivity index (χ4n) is 1.83. The first-order valence-corrected chi connectivity index (χ1v) is 6.19. The summed E-state index contributed by atoms with van der Waals surface area (Å²) in [4.78, 5) is 8.37. The number of aromatic nitrogens is 2. The first-order chi connectivity index (χ1) is 9.10. The molecule has 0 aliphatic rings. The second kappa shape index (κ2) is 5.67. The van der Waals surface area contributed by atoms with Crippen LogP contribution in [0.25, 0.3) is 0 Å². The number of para-hydroxylation sites is 1. The van der Waals surface area contributed by atoms with Gasteiger partial charge in [0, 0.05) is 6.07 Å². The lowest BCUT2D eigenvalue weighted by Gasteiger charge is -2.13. The van der Waals surface area contributed by atoms with Gasteiger partial charge in [-0.2, -0.15) is 4.98 Å². The van der Waals surface area contributed by atoms with Gasteiger partial charge < -0.3 is 10.2 Å². The number of ether oxygens (including phenoxy) is 1. The molecule has 0 atom stereocenters. The zero-order valence-corrected chi connectivity index (χ0v) is 11.3.